The molecule has 1 aromatic rings. The molecular formula is C15H28N4. The van der Waals surface area contributed by atoms with Crippen LogP contribution < -0.4 is 5.32 Å². The molecule has 0 aromatic carbocycles. The largest absolute Gasteiger partial charge is 0.333 e. The van der Waals surface area contributed by atoms with Crippen molar-refractivity contribution in [1.82, 2.24) is 19.8 Å². The highest BCUT2D eigenvalue weighted by molar-refractivity contribution is 4.97. The van der Waals surface area contributed by atoms with E-state index in [4.69, 9.17) is 0 Å². The van der Waals surface area contributed by atoms with Crippen LogP contribution in [0.25, 0.3) is 0 Å². The molecule has 2 heterocycles. The molecule has 1 aromatic heterocycles. The summed E-state index contributed by atoms with van der Waals surface area (Å²) in [6.45, 7) is 11.4. The summed E-state index contributed by atoms with van der Waals surface area (Å²) in [6, 6.07) is 0. The van der Waals surface area contributed by atoms with E-state index in [1.807, 2.05) is 12.5 Å². The van der Waals surface area contributed by atoms with Gasteiger partial charge >= 0.3 is 0 Å². The zero-order valence-corrected chi connectivity index (χ0v) is 12.4. The number of imidazole rings is 1. The predicted molar refractivity (Wildman–Crippen MR) is 79.1 cm³/mol. The van der Waals surface area contributed by atoms with Crippen molar-refractivity contribution in [3.63, 3.8) is 0 Å². The van der Waals surface area contributed by atoms with E-state index in [0.29, 0.717) is 5.92 Å². The summed E-state index contributed by atoms with van der Waals surface area (Å²) in [5, 5.41) is 3.49. The van der Waals surface area contributed by atoms with Gasteiger partial charge in [0.1, 0.15) is 0 Å². The number of aromatic nitrogens is 2. The quantitative estimate of drug-likeness (QED) is 0.781. The Morgan fingerprint density at radius 1 is 1.26 bits per heavy atom. The van der Waals surface area contributed by atoms with Gasteiger partial charge in [-0.05, 0) is 51.4 Å². The van der Waals surface area contributed by atoms with Crippen molar-refractivity contribution in [3.8, 4) is 0 Å². The first-order valence-electron chi connectivity index (χ1n) is 7.68. The van der Waals surface area contributed by atoms with Crippen LogP contribution in [-0.4, -0.2) is 40.6 Å². The minimum Gasteiger partial charge on any atom is -0.333 e. The molecular weight excluding hydrogens is 236 g/mol. The van der Waals surface area contributed by atoms with Crippen LogP contribution in [0.5, 0.6) is 0 Å². The molecule has 0 atom stereocenters. The molecule has 2 rings (SSSR count). The normalized spacial score (nSPS) is 16.6. The summed E-state index contributed by atoms with van der Waals surface area (Å²) in [5.74, 6) is 0.700. The molecule has 0 spiro atoms. The van der Waals surface area contributed by atoms with E-state index in [9.17, 15) is 0 Å². The average Bonchev–Trinajstić information content (AvgIpc) is 3.01. The van der Waals surface area contributed by atoms with E-state index >= 15 is 0 Å². The Balaban J connectivity index is 1.69. The van der Waals surface area contributed by atoms with E-state index in [1.165, 1.54) is 44.6 Å². The standard InChI is InChI=1S/C15H28N4/c1-14(2)10-16-11-15-12-17-13-19(15)9-5-8-18-6-3-4-7-18/h12-14,16H,3-11H2,1-2H3. The first-order valence-corrected chi connectivity index (χ1v) is 7.68. The molecule has 0 amide bonds. The van der Waals surface area contributed by atoms with Gasteiger partial charge in [0.05, 0.1) is 12.0 Å². The van der Waals surface area contributed by atoms with Crippen molar-refractivity contribution in [2.75, 3.05) is 26.2 Å². The summed E-state index contributed by atoms with van der Waals surface area (Å²) in [7, 11) is 0. The smallest absolute Gasteiger partial charge is 0.0948 e. The molecule has 0 saturated carbocycles. The maximum Gasteiger partial charge on any atom is 0.0948 e. The second-order valence-corrected chi connectivity index (χ2v) is 6.01. The molecule has 0 bridgehead atoms. The van der Waals surface area contributed by atoms with Crippen molar-refractivity contribution in [3.05, 3.63) is 18.2 Å². The van der Waals surface area contributed by atoms with Crippen molar-refractivity contribution >= 4 is 0 Å². The topological polar surface area (TPSA) is 33.1 Å². The molecule has 19 heavy (non-hydrogen) atoms. The Kier molecular flexibility index (Phi) is 5.86. The van der Waals surface area contributed by atoms with Crippen LogP contribution in [0, 0.1) is 5.92 Å². The Bertz CT molecular complexity index is 353. The van der Waals surface area contributed by atoms with Crippen molar-refractivity contribution in [2.45, 2.75) is 46.2 Å². The lowest BCUT2D eigenvalue weighted by atomic mass is 10.2. The van der Waals surface area contributed by atoms with E-state index in [1.54, 1.807) is 0 Å². The summed E-state index contributed by atoms with van der Waals surface area (Å²) < 4.78 is 2.30. The van der Waals surface area contributed by atoms with Crippen LogP contribution in [0.15, 0.2) is 12.5 Å². The SMILES string of the molecule is CC(C)CNCc1cncn1CCCN1CCCC1. The minimum atomic E-state index is 0.700. The van der Waals surface area contributed by atoms with E-state index in [0.717, 1.165) is 19.6 Å². The van der Waals surface area contributed by atoms with E-state index in [2.05, 4.69) is 33.6 Å². The van der Waals surface area contributed by atoms with Crippen molar-refractivity contribution < 1.29 is 0 Å². The number of hydrogen-bond donors (Lipinski definition) is 1. The van der Waals surface area contributed by atoms with Gasteiger partial charge in [0.25, 0.3) is 0 Å². The molecule has 1 aliphatic heterocycles. The predicted octanol–water partition coefficient (Wildman–Crippen LogP) is 2.11. The zero-order valence-electron chi connectivity index (χ0n) is 12.4. The Hall–Kier alpha value is -0.870. The van der Waals surface area contributed by atoms with Gasteiger partial charge in [-0.25, -0.2) is 4.98 Å². The minimum absolute atomic E-state index is 0.700. The number of hydrogen-bond acceptors (Lipinski definition) is 3. The summed E-state index contributed by atoms with van der Waals surface area (Å²) in [6.07, 6.45) is 7.96. The van der Waals surface area contributed by atoms with Gasteiger partial charge in [0, 0.05) is 19.3 Å². The maximum absolute atomic E-state index is 4.28. The van der Waals surface area contributed by atoms with Gasteiger partial charge < -0.3 is 14.8 Å². The van der Waals surface area contributed by atoms with Crippen LogP contribution in [0.4, 0.5) is 0 Å². The molecule has 4 nitrogen and oxygen atoms in total. The monoisotopic (exact) mass is 264 g/mol. The Morgan fingerprint density at radius 2 is 2.05 bits per heavy atom. The molecule has 1 fully saturated rings. The van der Waals surface area contributed by atoms with Crippen molar-refractivity contribution in [2.24, 2.45) is 5.92 Å². The lowest BCUT2D eigenvalue weighted by Gasteiger charge is -2.15. The molecule has 4 heteroatoms. The number of rotatable bonds is 8. The number of nitrogens with zero attached hydrogens (tertiary/aromatic N) is 3. The first-order chi connectivity index (χ1) is 9.25. The van der Waals surface area contributed by atoms with Gasteiger partial charge in [-0.1, -0.05) is 13.8 Å². The molecule has 1 saturated heterocycles. The van der Waals surface area contributed by atoms with E-state index in [-0.39, 0.29) is 0 Å². The second-order valence-electron chi connectivity index (χ2n) is 6.01. The average molecular weight is 264 g/mol. The van der Waals surface area contributed by atoms with Crippen LogP contribution >= 0.6 is 0 Å². The lowest BCUT2D eigenvalue weighted by molar-refractivity contribution is 0.324. The molecule has 0 radical (unpaired) electrons. The Morgan fingerprint density at radius 3 is 2.79 bits per heavy atom. The highest BCUT2D eigenvalue weighted by atomic mass is 15.1. The number of aryl methyl sites for hydroxylation is 1. The molecule has 1 N–H and O–H groups in total. The van der Waals surface area contributed by atoms with Crippen LogP contribution in [0.3, 0.4) is 0 Å². The van der Waals surface area contributed by atoms with Gasteiger partial charge in [-0.2, -0.15) is 0 Å². The third-order valence-electron chi connectivity index (χ3n) is 3.73. The van der Waals surface area contributed by atoms with Crippen LogP contribution in [-0.2, 0) is 13.1 Å². The number of likely N-dealkylation sites (tertiary alicyclic amines) is 1. The third-order valence-corrected chi connectivity index (χ3v) is 3.73. The van der Waals surface area contributed by atoms with Gasteiger partial charge in [-0.3, -0.25) is 0 Å². The third kappa shape index (κ3) is 4.96. The lowest BCUT2D eigenvalue weighted by Crippen LogP contribution is -2.23. The van der Waals surface area contributed by atoms with Gasteiger partial charge in [0.15, 0.2) is 0 Å². The summed E-state index contributed by atoms with van der Waals surface area (Å²) in [4.78, 5) is 6.86. The maximum atomic E-state index is 4.28. The molecule has 0 aliphatic carbocycles. The fourth-order valence-electron chi connectivity index (χ4n) is 2.66. The zero-order chi connectivity index (χ0) is 13.5. The van der Waals surface area contributed by atoms with Crippen molar-refractivity contribution in [1.29, 1.82) is 0 Å². The highest BCUT2D eigenvalue weighted by Gasteiger charge is 2.10. The first kappa shape index (κ1) is 14.5. The highest BCUT2D eigenvalue weighted by Crippen LogP contribution is 2.08. The fourth-order valence-corrected chi connectivity index (χ4v) is 2.66. The molecule has 108 valence electrons. The Labute approximate surface area is 117 Å². The van der Waals surface area contributed by atoms with E-state index < -0.39 is 0 Å². The molecule has 1 aliphatic rings. The molecule has 0 unspecified atom stereocenters. The second kappa shape index (κ2) is 7.65. The summed E-state index contributed by atoms with van der Waals surface area (Å²) >= 11 is 0. The van der Waals surface area contributed by atoms with Gasteiger partial charge in [-0.15, -0.1) is 0 Å². The fraction of sp³-hybridized carbons (Fsp3) is 0.800. The number of nitrogens with one attached hydrogen (secondary N) is 1. The summed E-state index contributed by atoms with van der Waals surface area (Å²) in [5.41, 5.74) is 1.31. The van der Waals surface area contributed by atoms with Crippen LogP contribution in [0.2, 0.25) is 0 Å². The van der Waals surface area contributed by atoms with Gasteiger partial charge in [0.2, 0.25) is 0 Å². The van der Waals surface area contributed by atoms with Crippen LogP contribution in [0.1, 0.15) is 38.8 Å².